The second-order valence-electron chi connectivity index (χ2n) is 5.19. The highest BCUT2D eigenvalue weighted by molar-refractivity contribution is 5.80. The molecule has 0 aliphatic carbocycles. The summed E-state index contributed by atoms with van der Waals surface area (Å²) in [5, 5.41) is 3.18. The second-order valence-corrected chi connectivity index (χ2v) is 5.19. The largest absolute Gasteiger partial charge is 0.493 e. The van der Waals surface area contributed by atoms with Crippen molar-refractivity contribution in [3.8, 4) is 11.5 Å². The predicted molar refractivity (Wildman–Crippen MR) is 81.9 cm³/mol. The highest BCUT2D eigenvalue weighted by atomic mass is 16.5. The van der Waals surface area contributed by atoms with E-state index in [0.717, 1.165) is 12.0 Å². The van der Waals surface area contributed by atoms with Crippen LogP contribution in [0, 0.1) is 6.92 Å². The number of nitrogens with one attached hydrogen (secondary N) is 1. The summed E-state index contributed by atoms with van der Waals surface area (Å²) in [6.45, 7) is 6.66. The number of carbonyl (C=O) groups excluding carboxylic acids is 1. The molecule has 0 aliphatic rings. The maximum atomic E-state index is 12.0. The maximum Gasteiger partial charge on any atom is 0.329 e. The molecule has 1 unspecified atom stereocenters. The Hall–Kier alpha value is -1.75. The van der Waals surface area contributed by atoms with Crippen molar-refractivity contribution in [2.75, 3.05) is 27.4 Å². The van der Waals surface area contributed by atoms with Gasteiger partial charge in [-0.1, -0.05) is 13.0 Å². The van der Waals surface area contributed by atoms with Crippen LogP contribution in [0.15, 0.2) is 18.2 Å². The molecule has 1 atom stereocenters. The van der Waals surface area contributed by atoms with Crippen molar-refractivity contribution in [1.29, 1.82) is 0 Å². The minimum atomic E-state index is -0.888. The Morgan fingerprint density at radius 3 is 2.57 bits per heavy atom. The molecule has 21 heavy (non-hydrogen) atoms. The lowest BCUT2D eigenvalue weighted by molar-refractivity contribution is -0.149. The summed E-state index contributed by atoms with van der Waals surface area (Å²) >= 11 is 0. The minimum Gasteiger partial charge on any atom is -0.493 e. The molecule has 0 bridgehead atoms. The number of benzene rings is 1. The van der Waals surface area contributed by atoms with E-state index < -0.39 is 5.54 Å². The third-order valence-corrected chi connectivity index (χ3v) is 3.24. The number of hydrogen-bond acceptors (Lipinski definition) is 5. The number of esters is 1. The number of hydrogen-bond donors (Lipinski definition) is 1. The molecule has 0 amide bonds. The van der Waals surface area contributed by atoms with Crippen LogP contribution in [0.3, 0.4) is 0 Å². The average molecular weight is 295 g/mol. The highest BCUT2D eigenvalue weighted by Gasteiger charge is 2.35. The van der Waals surface area contributed by atoms with E-state index in [1.807, 2.05) is 32.0 Å². The maximum absolute atomic E-state index is 12.0. The SMILES string of the molecule is CCCNC(C)(COc1ccc(C)cc1OC)C(=O)OC. The van der Waals surface area contributed by atoms with Crippen molar-refractivity contribution in [3.05, 3.63) is 23.8 Å². The summed E-state index contributed by atoms with van der Waals surface area (Å²) in [5.74, 6) is 0.913. The van der Waals surface area contributed by atoms with Crippen LogP contribution in [0.5, 0.6) is 11.5 Å². The molecular weight excluding hydrogens is 270 g/mol. The molecule has 1 aromatic carbocycles. The van der Waals surface area contributed by atoms with Gasteiger partial charge in [-0.05, 0) is 44.5 Å². The fraction of sp³-hybridized carbons (Fsp3) is 0.562. The highest BCUT2D eigenvalue weighted by Crippen LogP contribution is 2.28. The molecule has 0 saturated carbocycles. The van der Waals surface area contributed by atoms with Crippen LogP contribution in [0.25, 0.3) is 0 Å². The summed E-state index contributed by atoms with van der Waals surface area (Å²) in [7, 11) is 2.97. The topological polar surface area (TPSA) is 56.8 Å². The summed E-state index contributed by atoms with van der Waals surface area (Å²) in [4.78, 5) is 12.0. The lowest BCUT2D eigenvalue weighted by Crippen LogP contribution is -2.54. The van der Waals surface area contributed by atoms with E-state index in [1.54, 1.807) is 14.0 Å². The monoisotopic (exact) mass is 295 g/mol. The van der Waals surface area contributed by atoms with Gasteiger partial charge in [0.25, 0.3) is 0 Å². The zero-order chi connectivity index (χ0) is 15.9. The first-order valence-electron chi connectivity index (χ1n) is 7.07. The molecule has 0 heterocycles. The Morgan fingerprint density at radius 1 is 1.29 bits per heavy atom. The van der Waals surface area contributed by atoms with Crippen molar-refractivity contribution in [1.82, 2.24) is 5.32 Å². The first-order chi connectivity index (χ1) is 9.96. The standard InChI is InChI=1S/C16H25NO4/c1-6-9-17-16(3,15(18)20-5)11-21-13-8-7-12(2)10-14(13)19-4/h7-8,10,17H,6,9,11H2,1-5H3. The molecule has 0 radical (unpaired) electrons. The van der Waals surface area contributed by atoms with Gasteiger partial charge in [0.15, 0.2) is 11.5 Å². The summed E-state index contributed by atoms with van der Waals surface area (Å²) < 4.78 is 15.9. The van der Waals surface area contributed by atoms with Crippen molar-refractivity contribution >= 4 is 5.97 Å². The fourth-order valence-corrected chi connectivity index (χ4v) is 1.92. The number of carbonyl (C=O) groups is 1. The Morgan fingerprint density at radius 2 is 2.00 bits per heavy atom. The molecule has 118 valence electrons. The molecule has 1 rings (SSSR count). The molecule has 0 spiro atoms. The zero-order valence-electron chi connectivity index (χ0n) is 13.5. The third-order valence-electron chi connectivity index (χ3n) is 3.24. The van der Waals surface area contributed by atoms with Gasteiger partial charge in [0.1, 0.15) is 12.1 Å². The summed E-state index contributed by atoms with van der Waals surface area (Å²) in [5.41, 5.74) is 0.194. The van der Waals surface area contributed by atoms with E-state index in [0.29, 0.717) is 18.0 Å². The van der Waals surface area contributed by atoms with E-state index >= 15 is 0 Å². The smallest absolute Gasteiger partial charge is 0.329 e. The zero-order valence-corrected chi connectivity index (χ0v) is 13.5. The van der Waals surface area contributed by atoms with Crippen molar-refractivity contribution in [2.45, 2.75) is 32.7 Å². The number of rotatable bonds is 8. The van der Waals surface area contributed by atoms with Crippen LogP contribution in [-0.4, -0.2) is 38.9 Å². The molecule has 1 N–H and O–H groups in total. The second kappa shape index (κ2) is 7.88. The minimum absolute atomic E-state index is 0.166. The molecule has 0 fully saturated rings. The van der Waals surface area contributed by atoms with Crippen LogP contribution in [0.2, 0.25) is 0 Å². The molecule has 0 saturated heterocycles. The van der Waals surface area contributed by atoms with Gasteiger partial charge >= 0.3 is 5.97 Å². The van der Waals surface area contributed by atoms with E-state index in [4.69, 9.17) is 14.2 Å². The quantitative estimate of drug-likeness (QED) is 0.746. The van der Waals surface area contributed by atoms with E-state index in [-0.39, 0.29) is 12.6 Å². The number of methoxy groups -OCH3 is 2. The lowest BCUT2D eigenvalue weighted by atomic mass is 10.0. The summed E-state index contributed by atoms with van der Waals surface area (Å²) in [6.07, 6.45) is 0.917. The Bertz CT molecular complexity index is 475. The number of ether oxygens (including phenoxy) is 3. The first-order valence-corrected chi connectivity index (χ1v) is 7.07. The van der Waals surface area contributed by atoms with Gasteiger partial charge in [0.05, 0.1) is 14.2 Å². The Kier molecular flexibility index (Phi) is 6.49. The van der Waals surface area contributed by atoms with E-state index in [9.17, 15) is 4.79 Å². The van der Waals surface area contributed by atoms with Gasteiger partial charge in [-0.3, -0.25) is 5.32 Å². The van der Waals surface area contributed by atoms with Crippen molar-refractivity contribution in [2.24, 2.45) is 0 Å². The van der Waals surface area contributed by atoms with Crippen LogP contribution in [-0.2, 0) is 9.53 Å². The van der Waals surface area contributed by atoms with Gasteiger partial charge in [-0.2, -0.15) is 0 Å². The fourth-order valence-electron chi connectivity index (χ4n) is 1.92. The Labute approximate surface area is 126 Å². The van der Waals surface area contributed by atoms with Crippen LogP contribution in [0.1, 0.15) is 25.8 Å². The third kappa shape index (κ3) is 4.63. The van der Waals surface area contributed by atoms with Crippen LogP contribution < -0.4 is 14.8 Å². The first kappa shape index (κ1) is 17.3. The predicted octanol–water partition coefficient (Wildman–Crippen LogP) is 2.31. The molecule has 0 aliphatic heterocycles. The van der Waals surface area contributed by atoms with Gasteiger partial charge in [0, 0.05) is 0 Å². The molecule has 0 aromatic heterocycles. The van der Waals surface area contributed by atoms with Crippen molar-refractivity contribution < 1.29 is 19.0 Å². The average Bonchev–Trinajstić information content (AvgIpc) is 2.50. The molecular formula is C16H25NO4. The molecule has 5 heteroatoms. The summed E-state index contributed by atoms with van der Waals surface area (Å²) in [6, 6.07) is 5.67. The number of aryl methyl sites for hydroxylation is 1. The van der Waals surface area contributed by atoms with Crippen LogP contribution >= 0.6 is 0 Å². The molecule has 1 aromatic rings. The van der Waals surface area contributed by atoms with Crippen LogP contribution in [0.4, 0.5) is 0 Å². The van der Waals surface area contributed by atoms with Gasteiger partial charge in [0.2, 0.25) is 0 Å². The lowest BCUT2D eigenvalue weighted by Gasteiger charge is -2.28. The van der Waals surface area contributed by atoms with Gasteiger partial charge < -0.3 is 14.2 Å². The van der Waals surface area contributed by atoms with Gasteiger partial charge in [-0.25, -0.2) is 4.79 Å². The van der Waals surface area contributed by atoms with Crippen molar-refractivity contribution in [3.63, 3.8) is 0 Å². The van der Waals surface area contributed by atoms with Gasteiger partial charge in [-0.15, -0.1) is 0 Å². The van der Waals surface area contributed by atoms with E-state index in [1.165, 1.54) is 7.11 Å². The Balaban J connectivity index is 2.83. The van der Waals surface area contributed by atoms with E-state index in [2.05, 4.69) is 5.32 Å². The normalized spacial score (nSPS) is 13.4. The molecule has 5 nitrogen and oxygen atoms in total.